The smallest absolute Gasteiger partial charge is 0.139 e. The van der Waals surface area contributed by atoms with Crippen molar-refractivity contribution >= 4 is 11.5 Å². The Balaban J connectivity index is 3.19. The van der Waals surface area contributed by atoms with E-state index in [1.165, 1.54) is 0 Å². The summed E-state index contributed by atoms with van der Waals surface area (Å²) in [6.07, 6.45) is 6.89. The molecule has 0 aromatic rings. The normalized spacial score (nSPS) is 13.1. The van der Waals surface area contributed by atoms with Gasteiger partial charge in [0.1, 0.15) is 5.84 Å². The summed E-state index contributed by atoms with van der Waals surface area (Å²) in [4.78, 5) is 0. The molecule has 4 N–H and O–H groups in total. The highest BCUT2D eigenvalue weighted by atomic mass is 16.4. The van der Waals surface area contributed by atoms with E-state index in [0.717, 1.165) is 44.2 Å². The highest BCUT2D eigenvalue weighted by molar-refractivity contribution is 5.81. The zero-order chi connectivity index (χ0) is 11.5. The first-order valence-electron chi connectivity index (χ1n) is 5.34. The fourth-order valence-corrected chi connectivity index (χ4v) is 1.32. The number of amidine groups is 1. The Bertz CT molecular complexity index is 193. The van der Waals surface area contributed by atoms with Gasteiger partial charge in [0, 0.05) is 6.42 Å². The number of hydrogen-bond donors (Lipinski definition) is 3. The predicted molar refractivity (Wildman–Crippen MR) is 60.6 cm³/mol. The molecule has 0 unspecified atom stereocenters. The minimum absolute atomic E-state index is 0.304. The molecule has 0 aliphatic carbocycles. The molecular formula is C10H21N3O2. The van der Waals surface area contributed by atoms with E-state index in [-0.39, 0.29) is 0 Å². The average molecular weight is 215 g/mol. The summed E-state index contributed by atoms with van der Waals surface area (Å²) in [6, 6.07) is 0. The second-order valence-corrected chi connectivity index (χ2v) is 3.69. The van der Waals surface area contributed by atoms with Crippen molar-refractivity contribution in [2.45, 2.75) is 51.9 Å². The van der Waals surface area contributed by atoms with Gasteiger partial charge in [0.15, 0.2) is 0 Å². The first-order chi connectivity index (χ1) is 7.20. The van der Waals surface area contributed by atoms with Crippen LogP contribution >= 0.6 is 0 Å². The lowest BCUT2D eigenvalue weighted by atomic mass is 10.1. The van der Waals surface area contributed by atoms with Crippen molar-refractivity contribution in [3.63, 3.8) is 0 Å². The molecule has 0 bridgehead atoms. The van der Waals surface area contributed by atoms with Gasteiger partial charge in [-0.05, 0) is 26.2 Å². The lowest BCUT2D eigenvalue weighted by molar-refractivity contribution is 0.316. The van der Waals surface area contributed by atoms with Crippen LogP contribution in [0.15, 0.2) is 10.3 Å². The van der Waals surface area contributed by atoms with Crippen molar-refractivity contribution in [3.05, 3.63) is 0 Å². The summed E-state index contributed by atoms with van der Waals surface area (Å²) >= 11 is 0. The number of unbranched alkanes of at least 4 members (excludes halogenated alkanes) is 4. The molecule has 0 atom stereocenters. The molecule has 0 fully saturated rings. The Morgan fingerprint density at radius 1 is 0.933 bits per heavy atom. The third-order valence-electron chi connectivity index (χ3n) is 2.27. The third-order valence-corrected chi connectivity index (χ3v) is 2.27. The molecule has 5 nitrogen and oxygen atoms in total. The molecule has 88 valence electrons. The maximum Gasteiger partial charge on any atom is 0.139 e. The van der Waals surface area contributed by atoms with E-state index in [1.54, 1.807) is 0 Å². The zero-order valence-electron chi connectivity index (χ0n) is 9.32. The van der Waals surface area contributed by atoms with Crippen molar-refractivity contribution in [2.24, 2.45) is 16.0 Å². The van der Waals surface area contributed by atoms with Gasteiger partial charge in [-0.2, -0.15) is 0 Å². The summed E-state index contributed by atoms with van der Waals surface area (Å²) in [5.41, 5.74) is 6.11. The van der Waals surface area contributed by atoms with E-state index in [2.05, 4.69) is 10.3 Å². The minimum atomic E-state index is 0.304. The Morgan fingerprint density at radius 2 is 1.47 bits per heavy atom. The molecule has 5 heteroatoms. The quantitative estimate of drug-likeness (QED) is 0.191. The van der Waals surface area contributed by atoms with Crippen molar-refractivity contribution in [1.82, 2.24) is 0 Å². The molecule has 0 radical (unpaired) electrons. The molecule has 0 rings (SSSR count). The Kier molecular flexibility index (Phi) is 8.52. The van der Waals surface area contributed by atoms with E-state index in [0.29, 0.717) is 12.3 Å². The average Bonchev–Trinajstić information content (AvgIpc) is 2.26. The lowest BCUT2D eigenvalue weighted by Gasteiger charge is -2.00. The molecule has 0 aromatic heterocycles. The van der Waals surface area contributed by atoms with Crippen molar-refractivity contribution in [1.29, 1.82) is 0 Å². The maximum atomic E-state index is 8.40. The second kappa shape index (κ2) is 9.30. The first-order valence-corrected chi connectivity index (χ1v) is 5.34. The van der Waals surface area contributed by atoms with Crippen molar-refractivity contribution < 1.29 is 10.4 Å². The fraction of sp³-hybridized carbons (Fsp3) is 0.800. The standard InChI is InChI=1S/C10H21N3O2/c1-9(12-14)7-5-3-2-4-6-8-10(11)13-15/h14-15H,2-8H2,1H3,(H2,11,13). The minimum Gasteiger partial charge on any atom is -0.411 e. The largest absolute Gasteiger partial charge is 0.411 e. The highest BCUT2D eigenvalue weighted by Gasteiger charge is 1.95. The van der Waals surface area contributed by atoms with Crippen LogP contribution < -0.4 is 5.73 Å². The summed E-state index contributed by atoms with van der Waals surface area (Å²) in [7, 11) is 0. The maximum absolute atomic E-state index is 8.40. The summed E-state index contributed by atoms with van der Waals surface area (Å²) in [6.45, 7) is 1.82. The number of nitrogens with two attached hydrogens (primary N) is 1. The van der Waals surface area contributed by atoms with Crippen molar-refractivity contribution in [3.8, 4) is 0 Å². The van der Waals surface area contributed by atoms with Gasteiger partial charge >= 0.3 is 0 Å². The van der Waals surface area contributed by atoms with Crippen LogP contribution in [0.1, 0.15) is 51.9 Å². The Hall–Kier alpha value is -1.26. The molecule has 0 aliphatic heterocycles. The predicted octanol–water partition coefficient (Wildman–Crippen LogP) is 2.31. The second-order valence-electron chi connectivity index (χ2n) is 3.69. The molecule has 0 saturated carbocycles. The third kappa shape index (κ3) is 9.05. The van der Waals surface area contributed by atoms with E-state index in [9.17, 15) is 0 Å². The number of hydrogen-bond acceptors (Lipinski definition) is 4. The summed E-state index contributed by atoms with van der Waals surface area (Å²) in [5, 5.41) is 22.7. The fourth-order valence-electron chi connectivity index (χ4n) is 1.32. The summed E-state index contributed by atoms with van der Waals surface area (Å²) < 4.78 is 0. The Labute approximate surface area is 90.7 Å². The van der Waals surface area contributed by atoms with E-state index >= 15 is 0 Å². The van der Waals surface area contributed by atoms with Crippen LogP contribution in [0, 0.1) is 0 Å². The monoisotopic (exact) mass is 215 g/mol. The Morgan fingerprint density at radius 3 is 2.00 bits per heavy atom. The molecule has 0 aromatic carbocycles. The van der Waals surface area contributed by atoms with Crippen LogP contribution in [0.3, 0.4) is 0 Å². The zero-order valence-corrected chi connectivity index (χ0v) is 9.32. The highest BCUT2D eigenvalue weighted by Crippen LogP contribution is 2.07. The molecule has 15 heavy (non-hydrogen) atoms. The van der Waals surface area contributed by atoms with Gasteiger partial charge in [-0.25, -0.2) is 0 Å². The van der Waals surface area contributed by atoms with Crippen LogP contribution in [0.25, 0.3) is 0 Å². The number of nitrogens with zero attached hydrogens (tertiary/aromatic N) is 2. The van der Waals surface area contributed by atoms with Crippen LogP contribution in [-0.2, 0) is 0 Å². The first kappa shape index (κ1) is 13.7. The topological polar surface area (TPSA) is 91.2 Å². The molecule has 0 spiro atoms. The molecule has 0 amide bonds. The molecule has 0 heterocycles. The van der Waals surface area contributed by atoms with Gasteiger partial charge in [0.05, 0.1) is 5.71 Å². The molecular weight excluding hydrogens is 194 g/mol. The molecule has 0 aliphatic rings. The van der Waals surface area contributed by atoms with Crippen LogP contribution in [0.5, 0.6) is 0 Å². The number of rotatable bonds is 8. The summed E-state index contributed by atoms with van der Waals surface area (Å²) in [5.74, 6) is 0.304. The van der Waals surface area contributed by atoms with E-state index in [4.69, 9.17) is 16.1 Å². The van der Waals surface area contributed by atoms with Gasteiger partial charge < -0.3 is 16.1 Å². The van der Waals surface area contributed by atoms with Crippen LogP contribution in [0.4, 0.5) is 0 Å². The van der Waals surface area contributed by atoms with E-state index in [1.807, 2.05) is 6.92 Å². The van der Waals surface area contributed by atoms with Gasteiger partial charge in [-0.15, -0.1) is 0 Å². The SMILES string of the molecule is CC(CCCCCCCC(N)=NO)=NO. The lowest BCUT2D eigenvalue weighted by Crippen LogP contribution is -2.10. The van der Waals surface area contributed by atoms with Crippen molar-refractivity contribution in [2.75, 3.05) is 0 Å². The molecule has 0 saturated heterocycles. The van der Waals surface area contributed by atoms with E-state index < -0.39 is 0 Å². The van der Waals surface area contributed by atoms with Gasteiger partial charge in [-0.1, -0.05) is 29.6 Å². The van der Waals surface area contributed by atoms with Gasteiger partial charge in [0.2, 0.25) is 0 Å². The van der Waals surface area contributed by atoms with Gasteiger partial charge in [0.25, 0.3) is 0 Å². The number of oxime groups is 2. The van der Waals surface area contributed by atoms with Crippen LogP contribution in [-0.4, -0.2) is 22.0 Å². The van der Waals surface area contributed by atoms with Crippen LogP contribution in [0.2, 0.25) is 0 Å². The van der Waals surface area contributed by atoms with Gasteiger partial charge in [-0.3, -0.25) is 0 Å².